The first-order chi connectivity index (χ1) is 9.52. The van der Waals surface area contributed by atoms with Gasteiger partial charge >= 0.3 is 0 Å². The second-order valence-electron chi connectivity index (χ2n) is 5.43. The molecule has 2 aromatic rings. The van der Waals surface area contributed by atoms with E-state index in [0.29, 0.717) is 6.54 Å². The number of rotatable bonds is 6. The zero-order valence-corrected chi connectivity index (χ0v) is 12.7. The highest BCUT2D eigenvalue weighted by Crippen LogP contribution is 2.18. The Kier molecular flexibility index (Phi) is 4.73. The molecule has 0 bridgehead atoms. The molecule has 0 amide bonds. The molecule has 0 radical (unpaired) electrons. The highest BCUT2D eigenvalue weighted by atomic mass is 16.3. The van der Waals surface area contributed by atoms with E-state index in [1.807, 2.05) is 23.7 Å². The summed E-state index contributed by atoms with van der Waals surface area (Å²) < 4.78 is 1.88. The predicted octanol–water partition coefficient (Wildman–Crippen LogP) is 2.16. The van der Waals surface area contributed by atoms with Gasteiger partial charge in [0.1, 0.15) is 0 Å². The monoisotopic (exact) mass is 276 g/mol. The quantitative estimate of drug-likeness (QED) is 0.848. The van der Waals surface area contributed by atoms with Crippen LogP contribution in [0, 0.1) is 13.8 Å². The maximum Gasteiger partial charge on any atom is 0.155 e. The Morgan fingerprint density at radius 3 is 2.85 bits per heavy atom. The van der Waals surface area contributed by atoms with Gasteiger partial charge in [0, 0.05) is 36.1 Å². The average molecular weight is 276 g/mol. The number of fused-ring (bicyclic) bond motifs is 1. The molecule has 20 heavy (non-hydrogen) atoms. The fourth-order valence-corrected chi connectivity index (χ4v) is 2.46. The van der Waals surface area contributed by atoms with E-state index in [2.05, 4.69) is 36.2 Å². The molecule has 0 saturated heterocycles. The van der Waals surface area contributed by atoms with Gasteiger partial charge in [-0.2, -0.15) is 5.10 Å². The van der Waals surface area contributed by atoms with Gasteiger partial charge in [0.05, 0.1) is 11.8 Å². The van der Waals surface area contributed by atoms with Crippen molar-refractivity contribution in [2.45, 2.75) is 52.7 Å². The van der Waals surface area contributed by atoms with Gasteiger partial charge in [0.25, 0.3) is 0 Å². The molecule has 2 heterocycles. The third-order valence-corrected chi connectivity index (χ3v) is 3.63. The number of aryl methyl sites for hydroxylation is 2. The van der Waals surface area contributed by atoms with Crippen molar-refractivity contribution in [1.29, 1.82) is 0 Å². The SMILES string of the molecule is CCCC(O)CNC(C)c1cnc2cc(C)nn2c1C. The molecule has 2 rings (SSSR count). The summed E-state index contributed by atoms with van der Waals surface area (Å²) in [6.07, 6.45) is 3.44. The number of nitrogens with one attached hydrogen (secondary N) is 1. The van der Waals surface area contributed by atoms with E-state index in [0.717, 1.165) is 35.4 Å². The van der Waals surface area contributed by atoms with Crippen molar-refractivity contribution in [3.05, 3.63) is 29.2 Å². The Morgan fingerprint density at radius 2 is 2.15 bits per heavy atom. The molecule has 0 aliphatic heterocycles. The smallest absolute Gasteiger partial charge is 0.155 e. The van der Waals surface area contributed by atoms with Crippen LogP contribution in [0.3, 0.4) is 0 Å². The molecule has 2 N–H and O–H groups in total. The second-order valence-corrected chi connectivity index (χ2v) is 5.43. The normalized spacial score (nSPS) is 14.7. The first kappa shape index (κ1) is 14.9. The predicted molar refractivity (Wildman–Crippen MR) is 79.8 cm³/mol. The Labute approximate surface area is 120 Å². The molecule has 0 aliphatic carbocycles. The molecule has 0 aliphatic rings. The van der Waals surface area contributed by atoms with Crippen molar-refractivity contribution >= 4 is 5.65 Å². The highest BCUT2D eigenvalue weighted by Gasteiger charge is 2.14. The summed E-state index contributed by atoms with van der Waals surface area (Å²) in [7, 11) is 0. The number of aromatic nitrogens is 3. The molecule has 0 saturated carbocycles. The van der Waals surface area contributed by atoms with E-state index in [-0.39, 0.29) is 12.1 Å². The zero-order valence-electron chi connectivity index (χ0n) is 12.7. The van der Waals surface area contributed by atoms with Crippen LogP contribution >= 0.6 is 0 Å². The summed E-state index contributed by atoms with van der Waals surface area (Å²) >= 11 is 0. The minimum atomic E-state index is -0.286. The van der Waals surface area contributed by atoms with Gasteiger partial charge in [-0.05, 0) is 27.2 Å². The summed E-state index contributed by atoms with van der Waals surface area (Å²) in [6.45, 7) is 8.79. The number of nitrogens with zero attached hydrogens (tertiary/aromatic N) is 3. The maximum absolute atomic E-state index is 9.79. The van der Waals surface area contributed by atoms with Crippen LogP contribution in [0.15, 0.2) is 12.3 Å². The van der Waals surface area contributed by atoms with Gasteiger partial charge in [0.15, 0.2) is 5.65 Å². The number of aliphatic hydroxyl groups is 1. The van der Waals surface area contributed by atoms with Crippen molar-refractivity contribution < 1.29 is 5.11 Å². The highest BCUT2D eigenvalue weighted by molar-refractivity contribution is 5.42. The summed E-state index contributed by atoms with van der Waals surface area (Å²) in [6, 6.07) is 2.11. The average Bonchev–Trinajstić information content (AvgIpc) is 2.78. The number of hydrogen-bond donors (Lipinski definition) is 2. The van der Waals surface area contributed by atoms with Crippen molar-refractivity contribution in [1.82, 2.24) is 19.9 Å². The molecule has 0 fully saturated rings. The van der Waals surface area contributed by atoms with E-state index in [1.54, 1.807) is 0 Å². The lowest BCUT2D eigenvalue weighted by molar-refractivity contribution is 0.157. The van der Waals surface area contributed by atoms with Crippen LogP contribution in [0.4, 0.5) is 0 Å². The summed E-state index contributed by atoms with van der Waals surface area (Å²) in [5, 5.41) is 17.6. The van der Waals surface area contributed by atoms with Crippen LogP contribution in [0.1, 0.15) is 49.7 Å². The number of aliphatic hydroxyl groups excluding tert-OH is 1. The van der Waals surface area contributed by atoms with E-state index >= 15 is 0 Å². The lowest BCUT2D eigenvalue weighted by Crippen LogP contribution is -2.29. The van der Waals surface area contributed by atoms with Crippen LogP contribution < -0.4 is 5.32 Å². The molecule has 2 aromatic heterocycles. The first-order valence-corrected chi connectivity index (χ1v) is 7.26. The zero-order chi connectivity index (χ0) is 14.7. The van der Waals surface area contributed by atoms with E-state index in [4.69, 9.17) is 0 Å². The minimum Gasteiger partial charge on any atom is -0.392 e. The van der Waals surface area contributed by atoms with E-state index in [9.17, 15) is 5.11 Å². The topological polar surface area (TPSA) is 62.5 Å². The molecular formula is C15H24N4O. The third kappa shape index (κ3) is 3.16. The molecule has 5 heteroatoms. The molecule has 5 nitrogen and oxygen atoms in total. The Balaban J connectivity index is 2.13. The Hall–Kier alpha value is -1.46. The number of hydrogen-bond acceptors (Lipinski definition) is 4. The molecular weight excluding hydrogens is 252 g/mol. The van der Waals surface area contributed by atoms with Gasteiger partial charge in [-0.3, -0.25) is 0 Å². The molecule has 2 unspecified atom stereocenters. The van der Waals surface area contributed by atoms with Gasteiger partial charge in [-0.15, -0.1) is 0 Å². The van der Waals surface area contributed by atoms with Crippen molar-refractivity contribution in [3.8, 4) is 0 Å². The Morgan fingerprint density at radius 1 is 1.40 bits per heavy atom. The van der Waals surface area contributed by atoms with Crippen LogP contribution in [0.5, 0.6) is 0 Å². The summed E-state index contributed by atoms with van der Waals surface area (Å²) in [4.78, 5) is 4.45. The largest absolute Gasteiger partial charge is 0.392 e. The van der Waals surface area contributed by atoms with Crippen molar-refractivity contribution in [2.24, 2.45) is 0 Å². The third-order valence-electron chi connectivity index (χ3n) is 3.63. The minimum absolute atomic E-state index is 0.142. The Bertz CT molecular complexity index is 579. The van der Waals surface area contributed by atoms with Crippen LogP contribution in [-0.4, -0.2) is 32.4 Å². The first-order valence-electron chi connectivity index (χ1n) is 7.26. The summed E-state index contributed by atoms with van der Waals surface area (Å²) in [5.41, 5.74) is 4.05. The second kappa shape index (κ2) is 6.33. The van der Waals surface area contributed by atoms with Gasteiger partial charge in [-0.25, -0.2) is 9.50 Å². The molecule has 110 valence electrons. The van der Waals surface area contributed by atoms with E-state index < -0.39 is 0 Å². The van der Waals surface area contributed by atoms with Crippen LogP contribution in [-0.2, 0) is 0 Å². The standard InChI is InChI=1S/C15H24N4O/c1-5-6-13(20)8-16-11(3)14-9-17-15-7-10(2)18-19(15)12(14)4/h7,9,11,13,16,20H,5-6,8H2,1-4H3. The lowest BCUT2D eigenvalue weighted by Gasteiger charge is -2.18. The molecule has 2 atom stereocenters. The summed E-state index contributed by atoms with van der Waals surface area (Å²) in [5.74, 6) is 0. The molecule has 0 aromatic carbocycles. The van der Waals surface area contributed by atoms with Crippen LogP contribution in [0.25, 0.3) is 5.65 Å². The van der Waals surface area contributed by atoms with Crippen molar-refractivity contribution in [2.75, 3.05) is 6.54 Å². The van der Waals surface area contributed by atoms with Gasteiger partial charge in [-0.1, -0.05) is 13.3 Å². The van der Waals surface area contributed by atoms with Crippen molar-refractivity contribution in [3.63, 3.8) is 0 Å². The van der Waals surface area contributed by atoms with Crippen LogP contribution in [0.2, 0.25) is 0 Å². The van der Waals surface area contributed by atoms with E-state index in [1.165, 1.54) is 0 Å². The maximum atomic E-state index is 9.79. The fraction of sp³-hybridized carbons (Fsp3) is 0.600. The van der Waals surface area contributed by atoms with Gasteiger partial charge < -0.3 is 10.4 Å². The lowest BCUT2D eigenvalue weighted by atomic mass is 10.1. The molecule has 0 spiro atoms. The van der Waals surface area contributed by atoms with Gasteiger partial charge in [0.2, 0.25) is 0 Å². The fourth-order valence-electron chi connectivity index (χ4n) is 2.46.